The normalized spacial score (nSPS) is 10.8. The summed E-state index contributed by atoms with van der Waals surface area (Å²) in [5, 5.41) is 2.28. The maximum atomic E-state index is 4.90. The van der Waals surface area contributed by atoms with Gasteiger partial charge in [0.05, 0.1) is 11.0 Å². The van der Waals surface area contributed by atoms with E-state index in [1.165, 1.54) is 22.3 Å². The number of benzene rings is 3. The second-order valence-corrected chi connectivity index (χ2v) is 7.21. The van der Waals surface area contributed by atoms with E-state index in [0.717, 1.165) is 33.2 Å². The fourth-order valence-electron chi connectivity index (χ4n) is 3.94. The summed E-state index contributed by atoms with van der Waals surface area (Å²) in [5.74, 6) is 0. The lowest BCUT2D eigenvalue weighted by atomic mass is 9.95. The largest absolute Gasteiger partial charge is 0.251 e. The molecule has 0 unspecified atom stereocenters. The fraction of sp³-hybridized carbons (Fsp3) is 0.0769. The Labute approximate surface area is 181 Å². The molecule has 3 heteroatoms. The molecule has 0 aliphatic carbocycles. The van der Waals surface area contributed by atoms with Gasteiger partial charge in [-0.3, -0.25) is 9.97 Å². The molecule has 0 aliphatic rings. The number of fused-ring (bicyclic) bond motifs is 3. The molecule has 137 valence electrons. The second kappa shape index (κ2) is 7.80. The molecule has 5 rings (SSSR count). The lowest BCUT2D eigenvalue weighted by molar-refractivity contribution is 1.23. The Bertz CT molecular complexity index is 1210. The predicted octanol–water partition coefficient (Wildman–Crippen LogP) is 6.35. The average molecular weight is 387 g/mol. The van der Waals surface area contributed by atoms with E-state index in [1.54, 1.807) is 0 Å². The molecule has 3 radical (unpaired) electrons. The highest BCUT2D eigenvalue weighted by Gasteiger charge is 2.13. The van der Waals surface area contributed by atoms with Gasteiger partial charge in [0.25, 0.3) is 0 Å². The number of hydrogen-bond acceptors (Lipinski definition) is 2. The molecule has 2 nitrogen and oxygen atoms in total. The Morgan fingerprint density at radius 3 is 1.28 bits per heavy atom. The number of aryl methyl sites for hydroxylation is 2. The van der Waals surface area contributed by atoms with E-state index in [1.807, 2.05) is 12.1 Å². The Kier molecular flexibility index (Phi) is 5.20. The number of aromatic nitrogens is 2. The highest BCUT2D eigenvalue weighted by Crippen LogP contribution is 2.36. The van der Waals surface area contributed by atoms with Gasteiger partial charge in [-0.15, -0.1) is 0 Å². The first-order valence-electron chi connectivity index (χ1n) is 9.53. The molecule has 0 saturated carbocycles. The summed E-state index contributed by atoms with van der Waals surface area (Å²) in [5.41, 5.74) is 8.76. The van der Waals surface area contributed by atoms with Crippen LogP contribution in [0.3, 0.4) is 0 Å². The third-order valence-electron chi connectivity index (χ3n) is 5.18. The van der Waals surface area contributed by atoms with E-state index in [2.05, 4.69) is 86.6 Å². The smallest absolute Gasteiger partial charge is 0.0974 e. The minimum atomic E-state index is 0. The van der Waals surface area contributed by atoms with Crippen molar-refractivity contribution in [3.63, 3.8) is 0 Å². The van der Waals surface area contributed by atoms with E-state index < -0.39 is 0 Å². The van der Waals surface area contributed by atoms with Gasteiger partial charge in [0, 0.05) is 39.5 Å². The molecule has 0 fully saturated rings. The molecule has 0 spiro atoms. The van der Waals surface area contributed by atoms with Crippen molar-refractivity contribution < 1.29 is 0 Å². The first kappa shape index (κ1) is 19.3. The van der Waals surface area contributed by atoms with Crippen molar-refractivity contribution in [2.45, 2.75) is 13.8 Å². The van der Waals surface area contributed by atoms with Crippen LogP contribution >= 0.6 is 0 Å². The van der Waals surface area contributed by atoms with Crippen LogP contribution in [0.5, 0.6) is 0 Å². The molecule has 2 aromatic heterocycles. The third-order valence-corrected chi connectivity index (χ3v) is 5.18. The van der Waals surface area contributed by atoms with Crippen molar-refractivity contribution in [2.75, 3.05) is 0 Å². The van der Waals surface area contributed by atoms with Gasteiger partial charge < -0.3 is 0 Å². The van der Waals surface area contributed by atoms with E-state index in [9.17, 15) is 0 Å². The monoisotopic (exact) mass is 387 g/mol. The zero-order valence-electron chi connectivity index (χ0n) is 16.6. The zero-order valence-corrected chi connectivity index (χ0v) is 17.7. The molecule has 0 bridgehead atoms. The summed E-state index contributed by atoms with van der Waals surface area (Å²) in [6, 6.07) is 29.7. The number of pyridine rings is 2. The Balaban J connectivity index is 0.00000205. The number of rotatable bonds is 2. The van der Waals surface area contributed by atoms with Crippen molar-refractivity contribution in [3.8, 4) is 22.3 Å². The SMILES string of the molecule is Cc1cc(-c2ccccc2)c2ccc3c(-c4ccccc4)cc(C)nc3c2n1.[Al]. The van der Waals surface area contributed by atoms with Gasteiger partial charge in [0.15, 0.2) is 0 Å². The van der Waals surface area contributed by atoms with Crippen molar-refractivity contribution >= 4 is 39.2 Å². The molecule has 29 heavy (non-hydrogen) atoms. The molecule has 2 heterocycles. The quantitative estimate of drug-likeness (QED) is 0.260. The van der Waals surface area contributed by atoms with Crippen LogP contribution in [0.4, 0.5) is 0 Å². The van der Waals surface area contributed by atoms with E-state index in [0.29, 0.717) is 0 Å². The first-order valence-corrected chi connectivity index (χ1v) is 9.53. The molecule has 0 atom stereocenters. The van der Waals surface area contributed by atoms with Crippen LogP contribution in [0, 0.1) is 13.8 Å². The van der Waals surface area contributed by atoms with Crippen molar-refractivity contribution in [1.82, 2.24) is 9.97 Å². The maximum absolute atomic E-state index is 4.90. The van der Waals surface area contributed by atoms with Gasteiger partial charge in [-0.1, -0.05) is 72.8 Å². The molecular weight excluding hydrogens is 367 g/mol. The Morgan fingerprint density at radius 1 is 0.517 bits per heavy atom. The summed E-state index contributed by atoms with van der Waals surface area (Å²) in [6.45, 7) is 4.11. The standard InChI is InChI=1S/C26H20N2.Al/c1-17-15-23(19-9-5-3-6-10-19)21-13-14-22-24(20-11-7-4-8-12-20)16-18(2)28-26(22)25(21)27-17;/h3-16H,1-2H3;. The predicted molar refractivity (Wildman–Crippen MR) is 123 cm³/mol. The summed E-state index contributed by atoms with van der Waals surface area (Å²) in [4.78, 5) is 9.81. The van der Waals surface area contributed by atoms with E-state index in [-0.39, 0.29) is 17.4 Å². The molecule has 0 saturated heterocycles. The minimum Gasteiger partial charge on any atom is -0.251 e. The van der Waals surface area contributed by atoms with Crippen molar-refractivity contribution in [3.05, 3.63) is 96.3 Å². The van der Waals surface area contributed by atoms with Gasteiger partial charge in [0.1, 0.15) is 0 Å². The van der Waals surface area contributed by atoms with Gasteiger partial charge in [-0.05, 0) is 48.2 Å². The molecule has 5 aromatic rings. The Hall–Kier alpha value is -2.99. The van der Waals surface area contributed by atoms with Crippen LogP contribution in [0.25, 0.3) is 44.1 Å². The highest BCUT2D eigenvalue weighted by molar-refractivity contribution is 6.12. The molecule has 3 aromatic carbocycles. The average Bonchev–Trinajstić information content (AvgIpc) is 2.74. The van der Waals surface area contributed by atoms with Crippen LogP contribution in [0.1, 0.15) is 11.4 Å². The highest BCUT2D eigenvalue weighted by atomic mass is 27.0. The van der Waals surface area contributed by atoms with E-state index in [4.69, 9.17) is 9.97 Å². The van der Waals surface area contributed by atoms with Crippen molar-refractivity contribution in [1.29, 1.82) is 0 Å². The maximum Gasteiger partial charge on any atom is 0.0974 e. The summed E-state index contributed by atoms with van der Waals surface area (Å²) < 4.78 is 0. The molecular formula is C26H20AlN2. The lowest BCUT2D eigenvalue weighted by Gasteiger charge is -2.13. The topological polar surface area (TPSA) is 25.8 Å². The molecule has 0 N–H and O–H groups in total. The molecule has 0 amide bonds. The zero-order chi connectivity index (χ0) is 19.1. The second-order valence-electron chi connectivity index (χ2n) is 7.21. The van der Waals surface area contributed by atoms with Gasteiger partial charge in [-0.25, -0.2) is 0 Å². The summed E-state index contributed by atoms with van der Waals surface area (Å²) in [6.07, 6.45) is 0. The molecule has 0 aliphatic heterocycles. The van der Waals surface area contributed by atoms with E-state index >= 15 is 0 Å². The van der Waals surface area contributed by atoms with Crippen LogP contribution in [0.15, 0.2) is 84.9 Å². The third kappa shape index (κ3) is 3.44. The van der Waals surface area contributed by atoms with Crippen LogP contribution < -0.4 is 0 Å². The van der Waals surface area contributed by atoms with Gasteiger partial charge in [-0.2, -0.15) is 0 Å². The van der Waals surface area contributed by atoms with Crippen LogP contribution in [0.2, 0.25) is 0 Å². The first-order chi connectivity index (χ1) is 13.7. The lowest BCUT2D eigenvalue weighted by Crippen LogP contribution is -1.94. The number of hydrogen-bond donors (Lipinski definition) is 0. The van der Waals surface area contributed by atoms with Crippen molar-refractivity contribution in [2.24, 2.45) is 0 Å². The van der Waals surface area contributed by atoms with Crippen LogP contribution in [-0.2, 0) is 0 Å². The Morgan fingerprint density at radius 2 is 0.897 bits per heavy atom. The fourth-order valence-corrected chi connectivity index (χ4v) is 3.94. The summed E-state index contributed by atoms with van der Waals surface area (Å²) in [7, 11) is 0. The van der Waals surface area contributed by atoms with Crippen LogP contribution in [-0.4, -0.2) is 27.3 Å². The minimum absolute atomic E-state index is 0. The van der Waals surface area contributed by atoms with Gasteiger partial charge >= 0.3 is 0 Å². The van der Waals surface area contributed by atoms with Gasteiger partial charge in [0.2, 0.25) is 0 Å². The number of nitrogens with zero attached hydrogens (tertiary/aromatic N) is 2. The summed E-state index contributed by atoms with van der Waals surface area (Å²) >= 11 is 0.